The fraction of sp³-hybridized carbons (Fsp3) is 0.231. The number of rotatable bonds is 5. The number of benzene rings is 1. The van der Waals surface area contributed by atoms with Crippen molar-refractivity contribution < 1.29 is 14.2 Å². The molecule has 0 aliphatic heterocycles. The summed E-state index contributed by atoms with van der Waals surface area (Å²) in [5.41, 5.74) is 6.24. The van der Waals surface area contributed by atoms with Gasteiger partial charge in [-0.25, -0.2) is 0 Å². The smallest absolute Gasteiger partial charge is 0.225 e. The molecule has 1 heterocycles. The van der Waals surface area contributed by atoms with Crippen LogP contribution in [0.1, 0.15) is 0 Å². The van der Waals surface area contributed by atoms with Crippen LogP contribution in [0.3, 0.4) is 0 Å². The van der Waals surface area contributed by atoms with Crippen molar-refractivity contribution in [3.05, 3.63) is 23.2 Å². The SMILES string of the molecule is COc1cc(Nc2cc(OC)c(Cl)cc2OC)nc(N)n1. The van der Waals surface area contributed by atoms with Gasteiger partial charge in [0.1, 0.15) is 17.3 Å². The van der Waals surface area contributed by atoms with Gasteiger partial charge in [0.2, 0.25) is 11.8 Å². The van der Waals surface area contributed by atoms with E-state index in [9.17, 15) is 0 Å². The quantitative estimate of drug-likeness (QED) is 0.876. The number of methoxy groups -OCH3 is 3. The van der Waals surface area contributed by atoms with Crippen LogP contribution in [0.5, 0.6) is 17.4 Å². The first kappa shape index (κ1) is 15.0. The van der Waals surface area contributed by atoms with Gasteiger partial charge < -0.3 is 25.3 Å². The lowest BCUT2D eigenvalue weighted by Crippen LogP contribution is -2.03. The second kappa shape index (κ2) is 6.36. The van der Waals surface area contributed by atoms with Crippen molar-refractivity contribution in [2.75, 3.05) is 32.4 Å². The van der Waals surface area contributed by atoms with Crippen LogP contribution in [0.25, 0.3) is 0 Å². The first-order chi connectivity index (χ1) is 10.1. The number of nitrogens with one attached hydrogen (secondary N) is 1. The molecule has 2 rings (SSSR count). The summed E-state index contributed by atoms with van der Waals surface area (Å²) >= 11 is 6.06. The highest BCUT2D eigenvalue weighted by Crippen LogP contribution is 2.37. The number of nitrogens with two attached hydrogens (primary N) is 1. The Kier molecular flexibility index (Phi) is 4.54. The number of hydrogen-bond donors (Lipinski definition) is 2. The molecule has 0 saturated carbocycles. The third-order valence-corrected chi connectivity index (χ3v) is 2.96. The van der Waals surface area contributed by atoms with Crippen LogP contribution in [0.15, 0.2) is 18.2 Å². The minimum atomic E-state index is 0.0942. The molecule has 0 aliphatic carbocycles. The van der Waals surface area contributed by atoms with Gasteiger partial charge in [-0.2, -0.15) is 9.97 Å². The van der Waals surface area contributed by atoms with Crippen LogP contribution < -0.4 is 25.3 Å². The molecule has 21 heavy (non-hydrogen) atoms. The van der Waals surface area contributed by atoms with Crippen LogP contribution >= 0.6 is 11.6 Å². The Morgan fingerprint density at radius 2 is 1.71 bits per heavy atom. The van der Waals surface area contributed by atoms with Crippen LogP contribution in [-0.4, -0.2) is 31.3 Å². The van der Waals surface area contributed by atoms with Crippen molar-refractivity contribution in [3.8, 4) is 17.4 Å². The average molecular weight is 311 g/mol. The normalized spacial score (nSPS) is 10.1. The molecular weight excluding hydrogens is 296 g/mol. The van der Waals surface area contributed by atoms with Crippen LogP contribution in [0, 0.1) is 0 Å². The molecule has 7 nitrogen and oxygen atoms in total. The Hall–Kier alpha value is -2.41. The fourth-order valence-corrected chi connectivity index (χ4v) is 1.94. The molecule has 0 unspecified atom stereocenters. The van der Waals surface area contributed by atoms with Gasteiger partial charge in [-0.3, -0.25) is 0 Å². The topological polar surface area (TPSA) is 91.5 Å². The van der Waals surface area contributed by atoms with E-state index in [4.69, 9.17) is 31.5 Å². The molecule has 0 saturated heterocycles. The van der Waals surface area contributed by atoms with Gasteiger partial charge in [0.25, 0.3) is 0 Å². The molecule has 0 bridgehead atoms. The zero-order chi connectivity index (χ0) is 15.4. The van der Waals surface area contributed by atoms with Gasteiger partial charge in [-0.1, -0.05) is 11.6 Å². The van der Waals surface area contributed by atoms with Gasteiger partial charge in [0.05, 0.1) is 32.0 Å². The molecule has 2 aromatic rings. The van der Waals surface area contributed by atoms with Crippen molar-refractivity contribution in [3.63, 3.8) is 0 Å². The van der Waals surface area contributed by atoms with Gasteiger partial charge in [0, 0.05) is 18.2 Å². The summed E-state index contributed by atoms with van der Waals surface area (Å²) in [4.78, 5) is 7.99. The summed E-state index contributed by atoms with van der Waals surface area (Å²) in [6.07, 6.45) is 0. The lowest BCUT2D eigenvalue weighted by molar-refractivity contribution is 0.398. The van der Waals surface area contributed by atoms with Crippen LogP contribution in [0.2, 0.25) is 5.02 Å². The van der Waals surface area contributed by atoms with E-state index < -0.39 is 0 Å². The van der Waals surface area contributed by atoms with Gasteiger partial charge in [-0.05, 0) is 0 Å². The summed E-state index contributed by atoms with van der Waals surface area (Å²) in [7, 11) is 4.57. The maximum atomic E-state index is 6.06. The monoisotopic (exact) mass is 310 g/mol. The first-order valence-corrected chi connectivity index (χ1v) is 6.32. The number of aromatic nitrogens is 2. The summed E-state index contributed by atoms with van der Waals surface area (Å²) in [5.74, 6) is 1.95. The van der Waals surface area contributed by atoms with E-state index in [-0.39, 0.29) is 5.95 Å². The fourth-order valence-electron chi connectivity index (χ4n) is 1.71. The molecule has 0 amide bonds. The Morgan fingerprint density at radius 1 is 1.00 bits per heavy atom. The number of nitrogen functional groups attached to an aromatic ring is 1. The Morgan fingerprint density at radius 3 is 2.33 bits per heavy atom. The molecule has 3 N–H and O–H groups in total. The molecule has 0 atom stereocenters. The standard InChI is InChI=1S/C13H15ClN4O3/c1-19-9-5-8(10(20-2)4-7(9)14)16-11-6-12(21-3)18-13(15)17-11/h4-6H,1-3H3,(H3,15,16,17,18). The summed E-state index contributed by atoms with van der Waals surface area (Å²) < 4.78 is 15.5. The summed E-state index contributed by atoms with van der Waals surface area (Å²) in [5, 5.41) is 3.51. The predicted octanol–water partition coefficient (Wildman–Crippen LogP) is 2.48. The second-order valence-electron chi connectivity index (χ2n) is 3.97. The first-order valence-electron chi connectivity index (χ1n) is 5.94. The highest BCUT2D eigenvalue weighted by molar-refractivity contribution is 6.32. The molecule has 0 radical (unpaired) electrons. The van der Waals surface area contributed by atoms with Gasteiger partial charge in [0.15, 0.2) is 0 Å². The van der Waals surface area contributed by atoms with E-state index in [1.807, 2.05) is 0 Å². The molecule has 1 aromatic carbocycles. The molecule has 112 valence electrons. The minimum absolute atomic E-state index is 0.0942. The Labute approximate surface area is 127 Å². The molecule has 0 spiro atoms. The van der Waals surface area contributed by atoms with Gasteiger partial charge in [-0.15, -0.1) is 0 Å². The van der Waals surface area contributed by atoms with Crippen LogP contribution in [0.4, 0.5) is 17.5 Å². The van der Waals surface area contributed by atoms with Crippen molar-refractivity contribution in [2.24, 2.45) is 0 Å². The molecule has 0 aliphatic rings. The number of anilines is 3. The van der Waals surface area contributed by atoms with Crippen molar-refractivity contribution in [1.82, 2.24) is 9.97 Å². The number of hydrogen-bond acceptors (Lipinski definition) is 7. The maximum absolute atomic E-state index is 6.06. The zero-order valence-electron chi connectivity index (χ0n) is 11.8. The maximum Gasteiger partial charge on any atom is 0.225 e. The Bertz CT molecular complexity index is 652. The minimum Gasteiger partial charge on any atom is -0.495 e. The second-order valence-corrected chi connectivity index (χ2v) is 4.37. The van der Waals surface area contributed by atoms with Crippen LogP contribution in [-0.2, 0) is 0 Å². The van der Waals surface area contributed by atoms with E-state index in [1.54, 1.807) is 18.2 Å². The number of nitrogens with zero attached hydrogens (tertiary/aromatic N) is 2. The van der Waals surface area contributed by atoms with E-state index in [1.165, 1.54) is 21.3 Å². The van der Waals surface area contributed by atoms with Crippen molar-refractivity contribution in [2.45, 2.75) is 0 Å². The Balaban J connectivity index is 2.40. The van der Waals surface area contributed by atoms with Crippen molar-refractivity contribution in [1.29, 1.82) is 0 Å². The summed E-state index contributed by atoms with van der Waals surface area (Å²) in [6.45, 7) is 0. The van der Waals surface area contributed by atoms with E-state index in [0.717, 1.165) is 0 Å². The largest absolute Gasteiger partial charge is 0.495 e. The van der Waals surface area contributed by atoms with Gasteiger partial charge >= 0.3 is 0 Å². The van der Waals surface area contributed by atoms with E-state index >= 15 is 0 Å². The lowest BCUT2D eigenvalue weighted by Gasteiger charge is -2.14. The van der Waals surface area contributed by atoms with Crippen molar-refractivity contribution >= 4 is 29.1 Å². The van der Waals surface area contributed by atoms with E-state index in [2.05, 4.69) is 15.3 Å². The summed E-state index contributed by atoms with van der Waals surface area (Å²) in [6, 6.07) is 4.95. The average Bonchev–Trinajstić information content (AvgIpc) is 2.47. The zero-order valence-corrected chi connectivity index (χ0v) is 12.6. The lowest BCUT2D eigenvalue weighted by atomic mass is 10.2. The number of halogens is 1. The third-order valence-electron chi connectivity index (χ3n) is 2.67. The highest BCUT2D eigenvalue weighted by atomic mass is 35.5. The molecule has 0 fully saturated rings. The molecule has 1 aromatic heterocycles. The molecular formula is C13H15ClN4O3. The molecule has 8 heteroatoms. The highest BCUT2D eigenvalue weighted by Gasteiger charge is 2.11. The number of ether oxygens (including phenoxy) is 3. The predicted molar refractivity (Wildman–Crippen MR) is 80.8 cm³/mol. The third kappa shape index (κ3) is 3.38. The van der Waals surface area contributed by atoms with E-state index in [0.29, 0.717) is 33.9 Å².